The summed E-state index contributed by atoms with van der Waals surface area (Å²) in [6.45, 7) is 16.0. The Balaban J connectivity index is 1.68. The zero-order valence-corrected chi connectivity index (χ0v) is 20.3. The lowest BCUT2D eigenvalue weighted by atomic mass is 9.38. The molecule has 0 aromatic carbocycles. The number of rotatable bonds is 5. The molecule has 0 radical (unpaired) electrons. The Morgan fingerprint density at radius 1 is 1.03 bits per heavy atom. The average molecular weight is 431 g/mol. The number of carboxylic acids is 1. The SMILES string of the molecule is C=C(C)[C@@H]1CC[C@]2(C)[C@@H](CC[C@@H]3[C@@H]([C@]4(C)CCC(=O)O4)CC[C@]32C)[C@@]1(C)CCC(=O)O. The first kappa shape index (κ1) is 22.9. The minimum absolute atomic E-state index is 0.0208. The van der Waals surface area contributed by atoms with Crippen LogP contribution in [0.1, 0.15) is 98.8 Å². The number of aliphatic carboxylic acids is 1. The van der Waals surface area contributed by atoms with Gasteiger partial charge in [-0.05, 0) is 99.2 Å². The van der Waals surface area contributed by atoms with Gasteiger partial charge in [0.1, 0.15) is 5.60 Å². The summed E-state index contributed by atoms with van der Waals surface area (Å²) in [5.41, 5.74) is 1.29. The van der Waals surface area contributed by atoms with E-state index in [1.165, 1.54) is 24.8 Å². The van der Waals surface area contributed by atoms with Crippen molar-refractivity contribution in [2.24, 2.45) is 39.9 Å². The molecule has 4 fully saturated rings. The Hall–Kier alpha value is -1.32. The van der Waals surface area contributed by atoms with Gasteiger partial charge in [-0.25, -0.2) is 0 Å². The fourth-order valence-electron chi connectivity index (χ4n) is 9.35. The first-order valence-corrected chi connectivity index (χ1v) is 12.5. The van der Waals surface area contributed by atoms with Crippen molar-refractivity contribution in [3.05, 3.63) is 12.2 Å². The van der Waals surface area contributed by atoms with Crippen LogP contribution in [0.2, 0.25) is 0 Å². The van der Waals surface area contributed by atoms with Gasteiger partial charge in [-0.1, -0.05) is 32.9 Å². The zero-order valence-electron chi connectivity index (χ0n) is 20.3. The topological polar surface area (TPSA) is 63.6 Å². The van der Waals surface area contributed by atoms with E-state index in [0.29, 0.717) is 30.1 Å². The average Bonchev–Trinajstić information content (AvgIpc) is 3.21. The molecule has 1 heterocycles. The molecule has 4 aliphatic rings. The number of carboxylic acid groups (broad SMARTS) is 1. The van der Waals surface area contributed by atoms with Gasteiger partial charge in [0.15, 0.2) is 0 Å². The molecule has 0 unspecified atom stereocenters. The van der Waals surface area contributed by atoms with Crippen molar-refractivity contribution in [3.8, 4) is 0 Å². The molecule has 0 aromatic rings. The summed E-state index contributed by atoms with van der Waals surface area (Å²) >= 11 is 0. The molecular weight excluding hydrogens is 388 g/mol. The largest absolute Gasteiger partial charge is 0.481 e. The van der Waals surface area contributed by atoms with Gasteiger partial charge in [0.25, 0.3) is 0 Å². The van der Waals surface area contributed by atoms with Crippen LogP contribution in [-0.4, -0.2) is 22.6 Å². The molecule has 0 amide bonds. The number of fused-ring (bicyclic) bond motifs is 3. The molecule has 0 spiro atoms. The van der Waals surface area contributed by atoms with Gasteiger partial charge in [0, 0.05) is 18.8 Å². The number of hydrogen-bond acceptors (Lipinski definition) is 3. The highest BCUT2D eigenvalue weighted by molar-refractivity contribution is 5.72. The third-order valence-corrected chi connectivity index (χ3v) is 11.1. The number of cyclic esters (lactones) is 1. The van der Waals surface area contributed by atoms with E-state index in [9.17, 15) is 14.7 Å². The van der Waals surface area contributed by atoms with Crippen molar-refractivity contribution in [1.82, 2.24) is 0 Å². The van der Waals surface area contributed by atoms with E-state index in [4.69, 9.17) is 4.74 Å². The van der Waals surface area contributed by atoms with Crippen LogP contribution >= 0.6 is 0 Å². The van der Waals surface area contributed by atoms with Gasteiger partial charge >= 0.3 is 11.9 Å². The fraction of sp³-hybridized carbons (Fsp3) is 0.852. The molecule has 4 nitrogen and oxygen atoms in total. The summed E-state index contributed by atoms with van der Waals surface area (Å²) in [4.78, 5) is 23.5. The maximum absolute atomic E-state index is 12.0. The van der Waals surface area contributed by atoms with Crippen LogP contribution in [0.5, 0.6) is 0 Å². The van der Waals surface area contributed by atoms with Crippen molar-refractivity contribution in [2.75, 3.05) is 0 Å². The Labute approximate surface area is 188 Å². The normalized spacial score (nSPS) is 49.3. The molecule has 1 N–H and O–H groups in total. The summed E-state index contributed by atoms with van der Waals surface area (Å²) in [5.74, 6) is 1.22. The number of carbonyl (C=O) groups is 2. The maximum Gasteiger partial charge on any atom is 0.306 e. The van der Waals surface area contributed by atoms with E-state index in [1.54, 1.807) is 0 Å². The number of ether oxygens (including phenoxy) is 1. The number of allylic oxidation sites excluding steroid dienone is 1. The standard InChI is InChI=1S/C27H42O4/c1-17(2)18-9-15-26(5)21(24(18,3)13-11-22(28)29)8-7-19-20(10-14-25(19,26)4)27(6)16-12-23(30)31-27/h18-21H,1,7-16H2,2-6H3,(H,28,29)/t18-,19+,20-,21-,24-,25+,26+,27-/m0/s1. The zero-order chi connectivity index (χ0) is 22.8. The van der Waals surface area contributed by atoms with E-state index in [1.807, 2.05) is 0 Å². The van der Waals surface area contributed by atoms with Crippen LogP contribution in [-0.2, 0) is 14.3 Å². The van der Waals surface area contributed by atoms with E-state index in [-0.39, 0.29) is 34.2 Å². The van der Waals surface area contributed by atoms with Crippen LogP contribution in [0.25, 0.3) is 0 Å². The van der Waals surface area contributed by atoms with Gasteiger partial charge in [-0.15, -0.1) is 0 Å². The van der Waals surface area contributed by atoms with Crippen molar-refractivity contribution in [2.45, 2.75) is 104 Å². The molecule has 4 heteroatoms. The predicted octanol–water partition coefficient (Wildman–Crippen LogP) is 6.39. The summed E-state index contributed by atoms with van der Waals surface area (Å²) < 4.78 is 5.93. The number of carbonyl (C=O) groups excluding carboxylic acids is 1. The predicted molar refractivity (Wildman–Crippen MR) is 121 cm³/mol. The first-order valence-electron chi connectivity index (χ1n) is 12.5. The second kappa shape index (κ2) is 7.35. The number of hydrogen-bond donors (Lipinski definition) is 1. The van der Waals surface area contributed by atoms with Crippen molar-refractivity contribution < 1.29 is 19.4 Å². The molecule has 1 aliphatic heterocycles. The molecule has 1 saturated heterocycles. The Kier molecular flexibility index (Phi) is 5.42. The summed E-state index contributed by atoms with van der Waals surface area (Å²) in [5, 5.41) is 9.49. The minimum Gasteiger partial charge on any atom is -0.481 e. The molecular formula is C27H42O4. The first-order chi connectivity index (χ1) is 14.4. The van der Waals surface area contributed by atoms with E-state index >= 15 is 0 Å². The Morgan fingerprint density at radius 3 is 2.29 bits per heavy atom. The summed E-state index contributed by atoms with van der Waals surface area (Å²) in [7, 11) is 0. The molecule has 0 aromatic heterocycles. The Morgan fingerprint density at radius 2 is 1.71 bits per heavy atom. The van der Waals surface area contributed by atoms with E-state index in [2.05, 4.69) is 41.2 Å². The second-order valence-electron chi connectivity index (χ2n) is 12.3. The molecule has 4 rings (SSSR count). The van der Waals surface area contributed by atoms with Crippen LogP contribution in [0.4, 0.5) is 0 Å². The van der Waals surface area contributed by atoms with Gasteiger partial charge in [-0.3, -0.25) is 9.59 Å². The Bertz CT molecular complexity index is 788. The van der Waals surface area contributed by atoms with Crippen LogP contribution < -0.4 is 0 Å². The van der Waals surface area contributed by atoms with Crippen molar-refractivity contribution in [1.29, 1.82) is 0 Å². The van der Waals surface area contributed by atoms with Crippen molar-refractivity contribution in [3.63, 3.8) is 0 Å². The minimum atomic E-state index is -0.689. The summed E-state index contributed by atoms with van der Waals surface area (Å²) in [6.07, 6.45) is 9.34. The smallest absolute Gasteiger partial charge is 0.306 e. The monoisotopic (exact) mass is 430 g/mol. The number of esters is 1. The van der Waals surface area contributed by atoms with Crippen molar-refractivity contribution >= 4 is 11.9 Å². The summed E-state index contributed by atoms with van der Waals surface area (Å²) in [6, 6.07) is 0. The van der Waals surface area contributed by atoms with Gasteiger partial charge < -0.3 is 9.84 Å². The molecule has 31 heavy (non-hydrogen) atoms. The fourth-order valence-corrected chi connectivity index (χ4v) is 9.35. The second-order valence-corrected chi connectivity index (χ2v) is 12.3. The van der Waals surface area contributed by atoms with Gasteiger partial charge in [-0.2, -0.15) is 0 Å². The van der Waals surface area contributed by atoms with Gasteiger partial charge in [0.05, 0.1) is 0 Å². The lowest BCUT2D eigenvalue weighted by Crippen LogP contribution is -2.60. The van der Waals surface area contributed by atoms with E-state index < -0.39 is 5.97 Å². The van der Waals surface area contributed by atoms with E-state index in [0.717, 1.165) is 32.1 Å². The highest BCUT2D eigenvalue weighted by atomic mass is 16.6. The third kappa shape index (κ3) is 3.22. The lowest BCUT2D eigenvalue weighted by molar-refractivity contribution is -0.181. The third-order valence-electron chi connectivity index (χ3n) is 11.1. The molecule has 3 aliphatic carbocycles. The van der Waals surface area contributed by atoms with Crippen LogP contribution in [0, 0.1) is 39.9 Å². The van der Waals surface area contributed by atoms with Crippen LogP contribution in [0.15, 0.2) is 12.2 Å². The quantitative estimate of drug-likeness (QED) is 0.405. The highest BCUT2D eigenvalue weighted by Gasteiger charge is 2.68. The molecule has 8 atom stereocenters. The highest BCUT2D eigenvalue weighted by Crippen LogP contribution is 2.74. The van der Waals surface area contributed by atoms with Crippen LogP contribution in [0.3, 0.4) is 0 Å². The maximum atomic E-state index is 12.0. The molecule has 174 valence electrons. The van der Waals surface area contributed by atoms with Gasteiger partial charge in [0.2, 0.25) is 0 Å². The molecule has 0 bridgehead atoms. The molecule has 3 saturated carbocycles. The lowest BCUT2D eigenvalue weighted by Gasteiger charge is -2.66.